The summed E-state index contributed by atoms with van der Waals surface area (Å²) in [5.74, 6) is 1.43. The first-order valence-corrected chi connectivity index (χ1v) is 14.8. The van der Waals surface area contributed by atoms with Gasteiger partial charge in [0.05, 0.1) is 42.7 Å². The van der Waals surface area contributed by atoms with Gasteiger partial charge in [0.15, 0.2) is 29.0 Å². The first kappa shape index (κ1) is 37.5. The topological polar surface area (TPSA) is 172 Å². The number of guanidine groups is 1. The Bertz CT molecular complexity index is 1600. The van der Waals surface area contributed by atoms with Gasteiger partial charge < -0.3 is 45.2 Å². The van der Waals surface area contributed by atoms with Gasteiger partial charge in [-0.15, -0.1) is 12.4 Å². The average Bonchev–Trinajstić information content (AvgIpc) is 3.08. The smallest absolute Gasteiger partial charge is 0.280 e. The van der Waals surface area contributed by atoms with E-state index < -0.39 is 11.8 Å². The number of anilines is 1. The summed E-state index contributed by atoms with van der Waals surface area (Å²) >= 11 is 0. The third kappa shape index (κ3) is 8.70. The van der Waals surface area contributed by atoms with E-state index in [9.17, 15) is 9.59 Å². The number of nitrogens with one attached hydrogen (secondary N) is 1. The molecule has 0 saturated carbocycles. The molecule has 1 saturated heterocycles. The van der Waals surface area contributed by atoms with Crippen LogP contribution in [0.1, 0.15) is 31.8 Å². The molecule has 0 radical (unpaired) electrons. The Morgan fingerprint density at radius 1 is 0.667 bits per heavy atom. The molecular formula is C33H43ClN6O8. The van der Waals surface area contributed by atoms with Crippen LogP contribution in [0.15, 0.2) is 47.5 Å². The Labute approximate surface area is 286 Å². The predicted octanol–water partition coefficient (Wildman–Crippen LogP) is 3.14. The number of nitrogens with zero attached hydrogens (tertiary/aromatic N) is 3. The molecule has 48 heavy (non-hydrogen) atoms. The third-order valence-corrected chi connectivity index (χ3v) is 7.80. The molecule has 1 heterocycles. The lowest BCUT2D eigenvalue weighted by atomic mass is 10.1. The zero-order chi connectivity index (χ0) is 34.1. The van der Waals surface area contributed by atoms with Gasteiger partial charge >= 0.3 is 0 Å². The van der Waals surface area contributed by atoms with E-state index in [-0.39, 0.29) is 29.5 Å². The summed E-state index contributed by atoms with van der Waals surface area (Å²) in [6.45, 7) is 4.33. The fraction of sp³-hybridized carbons (Fsp3) is 0.364. The van der Waals surface area contributed by atoms with E-state index in [0.29, 0.717) is 53.3 Å². The van der Waals surface area contributed by atoms with Crippen LogP contribution in [0.2, 0.25) is 0 Å². The molecule has 0 aliphatic carbocycles. The van der Waals surface area contributed by atoms with Crippen molar-refractivity contribution >= 4 is 35.9 Å². The van der Waals surface area contributed by atoms with E-state index in [2.05, 4.69) is 20.1 Å². The zero-order valence-corrected chi connectivity index (χ0v) is 28.8. The average molecular weight is 687 g/mol. The molecule has 4 rings (SSSR count). The minimum atomic E-state index is -0.626. The summed E-state index contributed by atoms with van der Waals surface area (Å²) in [7, 11) is 9.23. The molecule has 1 aliphatic heterocycles. The number of piperazine rings is 1. The largest absolute Gasteiger partial charge is 0.493 e. The molecule has 14 nitrogen and oxygen atoms in total. The highest BCUT2D eigenvalue weighted by Gasteiger charge is 2.23. The summed E-state index contributed by atoms with van der Waals surface area (Å²) in [6.07, 6.45) is 0. The number of ether oxygens (including phenoxy) is 6. The molecule has 0 bridgehead atoms. The van der Waals surface area contributed by atoms with Crippen molar-refractivity contribution < 1.29 is 38.0 Å². The highest BCUT2D eigenvalue weighted by Crippen LogP contribution is 2.41. The molecule has 3 aromatic carbocycles. The summed E-state index contributed by atoms with van der Waals surface area (Å²) in [5, 5.41) is 2.95. The monoisotopic (exact) mass is 686 g/mol. The highest BCUT2D eigenvalue weighted by molar-refractivity contribution is 6.07. The number of carbonyl (C=O) groups excluding carboxylic acids is 2. The van der Waals surface area contributed by atoms with Gasteiger partial charge in [0.1, 0.15) is 0 Å². The van der Waals surface area contributed by atoms with Gasteiger partial charge in [-0.3, -0.25) is 19.4 Å². The molecule has 2 amide bonds. The van der Waals surface area contributed by atoms with Gasteiger partial charge in [-0.25, -0.2) is 0 Å². The minimum Gasteiger partial charge on any atom is -0.493 e. The van der Waals surface area contributed by atoms with Crippen LogP contribution in [0, 0.1) is 0 Å². The second-order valence-electron chi connectivity index (χ2n) is 10.6. The Morgan fingerprint density at radius 3 is 1.69 bits per heavy atom. The highest BCUT2D eigenvalue weighted by atomic mass is 35.5. The summed E-state index contributed by atoms with van der Waals surface area (Å²) in [6, 6.07) is 12.0. The lowest BCUT2D eigenvalue weighted by Crippen LogP contribution is -2.45. The molecule has 1 aliphatic rings. The van der Waals surface area contributed by atoms with E-state index in [1.54, 1.807) is 51.7 Å². The second-order valence-corrected chi connectivity index (χ2v) is 10.6. The first-order valence-electron chi connectivity index (χ1n) is 14.8. The van der Waals surface area contributed by atoms with E-state index in [4.69, 9.17) is 39.9 Å². The maximum atomic E-state index is 13.5. The number of nitrogens with two attached hydrogens (primary N) is 2. The molecular weight excluding hydrogens is 644 g/mol. The predicted molar refractivity (Wildman–Crippen MR) is 185 cm³/mol. The number of methoxy groups -OCH3 is 6. The number of benzene rings is 3. The van der Waals surface area contributed by atoms with Gasteiger partial charge in [-0.1, -0.05) is 12.1 Å². The van der Waals surface area contributed by atoms with Crippen LogP contribution in [0.5, 0.6) is 34.5 Å². The van der Waals surface area contributed by atoms with E-state index in [1.165, 1.54) is 21.3 Å². The van der Waals surface area contributed by atoms with Crippen LogP contribution in [0.3, 0.4) is 0 Å². The Kier molecular flexibility index (Phi) is 13.5. The molecule has 0 aromatic heterocycles. The molecule has 5 N–H and O–H groups in total. The SMILES string of the molecule is COc1cc(C(=O)Nc2cc(C(=O)N=C(N)N)ccc2CN2CCN(Cc3ccc(OC)c(OC)c3OC)CC2)cc(OC)c1OC.Cl. The maximum absolute atomic E-state index is 13.5. The number of aliphatic imine (C=N–C) groups is 1. The van der Waals surface area contributed by atoms with Gasteiger partial charge in [-0.05, 0) is 35.9 Å². The van der Waals surface area contributed by atoms with Gasteiger partial charge in [0.2, 0.25) is 11.5 Å². The van der Waals surface area contributed by atoms with Crippen molar-refractivity contribution in [2.24, 2.45) is 16.5 Å². The summed E-state index contributed by atoms with van der Waals surface area (Å²) in [5.41, 5.74) is 13.6. The van der Waals surface area contributed by atoms with Crippen LogP contribution in [0.4, 0.5) is 5.69 Å². The summed E-state index contributed by atoms with van der Waals surface area (Å²) < 4.78 is 32.8. The van der Waals surface area contributed by atoms with Crippen molar-refractivity contribution in [1.29, 1.82) is 0 Å². The number of halogens is 1. The number of hydrogen-bond donors (Lipinski definition) is 3. The molecule has 0 atom stereocenters. The fourth-order valence-corrected chi connectivity index (χ4v) is 5.43. The number of rotatable bonds is 13. The lowest BCUT2D eigenvalue weighted by molar-refractivity contribution is 0.0997. The Balaban J connectivity index is 0.00000625. The standard InChI is InChI=1S/C33H42N6O8.ClH/c1-42-25-10-9-22(28(45-4)30(25)47-6)19-39-13-11-38(12-14-39)18-21-8-7-20(31(40)37-33(34)35)15-24(21)36-32(41)23-16-26(43-2)29(46-5)27(17-23)44-3;/h7-10,15-17H,11-14,18-19H2,1-6H3,(H,36,41)(H4,34,35,37,40);1H. The maximum Gasteiger partial charge on any atom is 0.280 e. The van der Waals surface area contributed by atoms with Crippen LogP contribution in [0.25, 0.3) is 0 Å². The van der Waals surface area contributed by atoms with Gasteiger partial charge in [0, 0.05) is 61.6 Å². The molecule has 260 valence electrons. The van der Waals surface area contributed by atoms with Gasteiger partial charge in [-0.2, -0.15) is 4.99 Å². The van der Waals surface area contributed by atoms with Crippen LogP contribution < -0.4 is 45.2 Å². The quantitative estimate of drug-likeness (QED) is 0.177. The van der Waals surface area contributed by atoms with Crippen LogP contribution >= 0.6 is 12.4 Å². The van der Waals surface area contributed by atoms with Crippen molar-refractivity contribution in [2.45, 2.75) is 13.1 Å². The van der Waals surface area contributed by atoms with Crippen molar-refractivity contribution in [3.05, 3.63) is 64.7 Å². The minimum absolute atomic E-state index is 0. The lowest BCUT2D eigenvalue weighted by Gasteiger charge is -2.35. The molecule has 0 unspecified atom stereocenters. The Hall–Kier alpha value is -4.92. The third-order valence-electron chi connectivity index (χ3n) is 7.80. The van der Waals surface area contributed by atoms with Crippen molar-refractivity contribution in [3.63, 3.8) is 0 Å². The van der Waals surface area contributed by atoms with E-state index in [1.807, 2.05) is 12.1 Å². The van der Waals surface area contributed by atoms with Crippen LogP contribution in [-0.4, -0.2) is 96.4 Å². The Morgan fingerprint density at radius 2 is 1.19 bits per heavy atom. The molecule has 3 aromatic rings. The molecule has 1 fully saturated rings. The van der Waals surface area contributed by atoms with Gasteiger partial charge in [0.25, 0.3) is 11.8 Å². The molecule has 15 heteroatoms. The van der Waals surface area contributed by atoms with E-state index in [0.717, 1.165) is 37.3 Å². The van der Waals surface area contributed by atoms with Crippen molar-refractivity contribution in [3.8, 4) is 34.5 Å². The number of amides is 2. The first-order chi connectivity index (χ1) is 22.6. The van der Waals surface area contributed by atoms with E-state index >= 15 is 0 Å². The summed E-state index contributed by atoms with van der Waals surface area (Å²) in [4.78, 5) is 34.5. The fourth-order valence-electron chi connectivity index (χ4n) is 5.43. The number of hydrogen-bond acceptors (Lipinski definition) is 10. The van der Waals surface area contributed by atoms with Crippen molar-refractivity contribution in [1.82, 2.24) is 9.80 Å². The zero-order valence-electron chi connectivity index (χ0n) is 28.0. The normalized spacial score (nSPS) is 13.0. The second kappa shape index (κ2) is 17.3. The van der Waals surface area contributed by atoms with Crippen molar-refractivity contribution in [2.75, 3.05) is 74.2 Å². The van der Waals surface area contributed by atoms with Crippen LogP contribution in [-0.2, 0) is 13.1 Å². The molecule has 0 spiro atoms. The number of carbonyl (C=O) groups is 2.